The number of unbranched alkanes of at least 4 members (excludes halogenated alkanes) is 2. The van der Waals surface area contributed by atoms with Crippen LogP contribution in [0.2, 0.25) is 0 Å². The number of ketones is 1. The van der Waals surface area contributed by atoms with E-state index in [1.165, 1.54) is 6.20 Å². The fourth-order valence-corrected chi connectivity index (χ4v) is 1.38. The first-order chi connectivity index (χ1) is 7.25. The van der Waals surface area contributed by atoms with Crippen LogP contribution in [0.5, 0.6) is 0 Å². The van der Waals surface area contributed by atoms with Crippen molar-refractivity contribution >= 4 is 11.5 Å². The predicted molar refractivity (Wildman–Crippen MR) is 60.5 cm³/mol. The number of pyridine rings is 1. The van der Waals surface area contributed by atoms with E-state index in [2.05, 4.69) is 4.98 Å². The molecule has 0 aliphatic rings. The number of nitrogens with two attached hydrogens (primary N) is 2. The second-order valence-electron chi connectivity index (χ2n) is 3.49. The lowest BCUT2D eigenvalue weighted by atomic mass is 10.1. The van der Waals surface area contributed by atoms with Crippen molar-refractivity contribution in [2.45, 2.75) is 25.7 Å². The number of rotatable bonds is 6. The molecule has 0 bridgehead atoms. The van der Waals surface area contributed by atoms with Gasteiger partial charge in [-0.2, -0.15) is 0 Å². The van der Waals surface area contributed by atoms with Gasteiger partial charge in [-0.15, -0.1) is 0 Å². The van der Waals surface area contributed by atoms with Crippen molar-refractivity contribution in [3.8, 4) is 0 Å². The van der Waals surface area contributed by atoms with Crippen molar-refractivity contribution < 1.29 is 4.79 Å². The van der Waals surface area contributed by atoms with Crippen molar-refractivity contribution in [3.63, 3.8) is 0 Å². The molecule has 1 aromatic heterocycles. The van der Waals surface area contributed by atoms with Gasteiger partial charge < -0.3 is 11.5 Å². The van der Waals surface area contributed by atoms with Crippen molar-refractivity contribution in [1.29, 1.82) is 0 Å². The van der Waals surface area contributed by atoms with Gasteiger partial charge in [0, 0.05) is 24.5 Å². The number of carbonyl (C=O) groups is 1. The number of aromatic nitrogens is 1. The summed E-state index contributed by atoms with van der Waals surface area (Å²) >= 11 is 0. The Balaban J connectivity index is 2.44. The summed E-state index contributed by atoms with van der Waals surface area (Å²) in [5.41, 5.74) is 12.1. The highest BCUT2D eigenvalue weighted by Gasteiger charge is 2.08. The minimum atomic E-state index is 0.0672. The molecule has 1 heterocycles. The molecule has 0 saturated carbocycles. The minimum Gasteiger partial charge on any atom is -0.398 e. The normalized spacial score (nSPS) is 10.2. The van der Waals surface area contributed by atoms with Gasteiger partial charge in [-0.05, 0) is 25.5 Å². The Hall–Kier alpha value is -1.42. The van der Waals surface area contributed by atoms with E-state index < -0.39 is 0 Å². The summed E-state index contributed by atoms with van der Waals surface area (Å²) in [5, 5.41) is 0. The molecular weight excluding hydrogens is 190 g/mol. The molecule has 1 rings (SSSR count). The molecule has 0 aliphatic heterocycles. The van der Waals surface area contributed by atoms with Crippen LogP contribution in [0.1, 0.15) is 36.0 Å². The predicted octanol–water partition coefficient (Wildman–Crippen LogP) is 1.37. The molecule has 0 aliphatic carbocycles. The molecule has 4 heteroatoms. The van der Waals surface area contributed by atoms with Crippen molar-refractivity contribution in [1.82, 2.24) is 4.98 Å². The number of nitrogen functional groups attached to an aromatic ring is 1. The largest absolute Gasteiger partial charge is 0.398 e. The second-order valence-corrected chi connectivity index (χ2v) is 3.49. The van der Waals surface area contributed by atoms with Gasteiger partial charge in [0.25, 0.3) is 0 Å². The third kappa shape index (κ3) is 3.67. The summed E-state index contributed by atoms with van der Waals surface area (Å²) in [6, 6.07) is 1.65. The first kappa shape index (κ1) is 11.7. The van der Waals surface area contributed by atoms with Gasteiger partial charge in [-0.1, -0.05) is 6.42 Å². The maximum atomic E-state index is 11.7. The third-order valence-corrected chi connectivity index (χ3v) is 2.26. The number of carbonyl (C=O) groups excluding carboxylic acids is 1. The first-order valence-electron chi connectivity index (χ1n) is 5.18. The standard InChI is InChI=1S/C11H17N3O/c12-6-3-1-2-4-11(15)9-8-14-7-5-10(9)13/h5,7-8H,1-4,6,12H2,(H2,13,14). The van der Waals surface area contributed by atoms with E-state index in [9.17, 15) is 4.79 Å². The van der Waals surface area contributed by atoms with Gasteiger partial charge in [0.05, 0.1) is 5.56 Å². The van der Waals surface area contributed by atoms with E-state index >= 15 is 0 Å². The molecule has 4 N–H and O–H groups in total. The molecule has 15 heavy (non-hydrogen) atoms. The van der Waals surface area contributed by atoms with Crippen LogP contribution >= 0.6 is 0 Å². The number of anilines is 1. The van der Waals surface area contributed by atoms with Gasteiger partial charge >= 0.3 is 0 Å². The van der Waals surface area contributed by atoms with E-state index in [-0.39, 0.29) is 5.78 Å². The van der Waals surface area contributed by atoms with Crippen LogP contribution < -0.4 is 11.5 Å². The molecule has 0 saturated heterocycles. The molecule has 0 amide bonds. The lowest BCUT2D eigenvalue weighted by Crippen LogP contribution is -2.05. The fraction of sp³-hybridized carbons (Fsp3) is 0.455. The quantitative estimate of drug-likeness (QED) is 0.545. The summed E-state index contributed by atoms with van der Waals surface area (Å²) in [7, 11) is 0. The van der Waals surface area contributed by atoms with Crippen LogP contribution in [0, 0.1) is 0 Å². The second kappa shape index (κ2) is 6.14. The maximum Gasteiger partial charge on any atom is 0.166 e. The monoisotopic (exact) mass is 207 g/mol. The summed E-state index contributed by atoms with van der Waals surface area (Å²) < 4.78 is 0. The lowest BCUT2D eigenvalue weighted by molar-refractivity contribution is 0.0979. The molecule has 0 atom stereocenters. The number of hydrogen-bond donors (Lipinski definition) is 2. The highest BCUT2D eigenvalue weighted by Crippen LogP contribution is 2.13. The van der Waals surface area contributed by atoms with Gasteiger partial charge in [-0.3, -0.25) is 9.78 Å². The van der Waals surface area contributed by atoms with E-state index in [1.54, 1.807) is 12.3 Å². The van der Waals surface area contributed by atoms with E-state index in [0.717, 1.165) is 19.3 Å². The Bertz CT molecular complexity index is 325. The van der Waals surface area contributed by atoms with Crippen LogP contribution in [-0.4, -0.2) is 17.3 Å². The Labute approximate surface area is 89.7 Å². The molecule has 0 spiro atoms. The highest BCUT2D eigenvalue weighted by atomic mass is 16.1. The van der Waals surface area contributed by atoms with Crippen LogP contribution in [0.4, 0.5) is 5.69 Å². The zero-order valence-electron chi connectivity index (χ0n) is 8.78. The molecule has 1 aromatic rings. The fourth-order valence-electron chi connectivity index (χ4n) is 1.38. The number of hydrogen-bond acceptors (Lipinski definition) is 4. The van der Waals surface area contributed by atoms with Crippen LogP contribution in [0.15, 0.2) is 18.5 Å². The Morgan fingerprint density at radius 3 is 2.80 bits per heavy atom. The van der Waals surface area contributed by atoms with E-state index in [1.807, 2.05) is 0 Å². The average Bonchev–Trinajstić information content (AvgIpc) is 2.25. The minimum absolute atomic E-state index is 0.0672. The third-order valence-electron chi connectivity index (χ3n) is 2.26. The Morgan fingerprint density at radius 1 is 1.33 bits per heavy atom. The smallest absolute Gasteiger partial charge is 0.166 e. The van der Waals surface area contributed by atoms with Gasteiger partial charge in [0.2, 0.25) is 0 Å². The Morgan fingerprint density at radius 2 is 2.13 bits per heavy atom. The maximum absolute atomic E-state index is 11.7. The molecule has 0 radical (unpaired) electrons. The van der Waals surface area contributed by atoms with Crippen LogP contribution in [-0.2, 0) is 0 Å². The van der Waals surface area contributed by atoms with Crippen molar-refractivity contribution in [3.05, 3.63) is 24.0 Å². The van der Waals surface area contributed by atoms with Crippen molar-refractivity contribution in [2.75, 3.05) is 12.3 Å². The number of Topliss-reactive ketones (excluding diaryl/α,β-unsaturated/α-hetero) is 1. The van der Waals surface area contributed by atoms with Crippen LogP contribution in [0.25, 0.3) is 0 Å². The SMILES string of the molecule is NCCCCCC(=O)c1cnccc1N. The summed E-state index contributed by atoms with van der Waals surface area (Å²) in [6.45, 7) is 0.684. The van der Waals surface area contributed by atoms with Crippen molar-refractivity contribution in [2.24, 2.45) is 5.73 Å². The van der Waals surface area contributed by atoms with Gasteiger partial charge in [0.15, 0.2) is 5.78 Å². The lowest BCUT2D eigenvalue weighted by Gasteiger charge is -2.03. The van der Waals surface area contributed by atoms with E-state index in [0.29, 0.717) is 24.2 Å². The summed E-state index contributed by atoms with van der Waals surface area (Å²) in [4.78, 5) is 15.6. The molecular formula is C11H17N3O. The molecule has 4 nitrogen and oxygen atoms in total. The van der Waals surface area contributed by atoms with Crippen LogP contribution in [0.3, 0.4) is 0 Å². The number of nitrogens with zero attached hydrogens (tertiary/aromatic N) is 1. The molecule has 82 valence electrons. The Kier molecular flexibility index (Phi) is 4.77. The summed E-state index contributed by atoms with van der Waals surface area (Å²) in [5.74, 6) is 0.0672. The summed E-state index contributed by atoms with van der Waals surface area (Å²) in [6.07, 6.45) is 6.46. The first-order valence-corrected chi connectivity index (χ1v) is 5.18. The molecule has 0 unspecified atom stereocenters. The zero-order valence-corrected chi connectivity index (χ0v) is 8.78. The average molecular weight is 207 g/mol. The van der Waals surface area contributed by atoms with Gasteiger partial charge in [-0.25, -0.2) is 0 Å². The van der Waals surface area contributed by atoms with Gasteiger partial charge in [0.1, 0.15) is 0 Å². The van der Waals surface area contributed by atoms with E-state index in [4.69, 9.17) is 11.5 Å². The molecule has 0 fully saturated rings. The topological polar surface area (TPSA) is 82.0 Å². The zero-order chi connectivity index (χ0) is 11.1. The molecule has 0 aromatic carbocycles. The highest BCUT2D eigenvalue weighted by molar-refractivity contribution is 6.00.